The minimum atomic E-state index is -0.203. The summed E-state index contributed by atoms with van der Waals surface area (Å²) >= 11 is 0. The van der Waals surface area contributed by atoms with Crippen LogP contribution in [0, 0.1) is 0 Å². The molecule has 0 spiro atoms. The Morgan fingerprint density at radius 3 is 2.35 bits per heavy atom. The third-order valence-corrected chi connectivity index (χ3v) is 4.82. The molecule has 0 N–H and O–H groups in total. The van der Waals surface area contributed by atoms with E-state index in [2.05, 4.69) is 19.1 Å². The Morgan fingerprint density at radius 1 is 1.04 bits per heavy atom. The van der Waals surface area contributed by atoms with E-state index in [9.17, 15) is 4.79 Å². The third kappa shape index (κ3) is 4.07. The van der Waals surface area contributed by atoms with Crippen LogP contribution in [0.15, 0.2) is 54.6 Å². The lowest BCUT2D eigenvalue weighted by Crippen LogP contribution is -2.35. The van der Waals surface area contributed by atoms with E-state index in [1.165, 1.54) is 0 Å². The first-order chi connectivity index (χ1) is 12.7. The fraction of sp³-hybridized carbons (Fsp3) is 0.409. The van der Waals surface area contributed by atoms with Gasteiger partial charge in [0.15, 0.2) is 0 Å². The summed E-state index contributed by atoms with van der Waals surface area (Å²) in [5.41, 5.74) is 2.17. The molecule has 1 aliphatic rings. The van der Waals surface area contributed by atoms with E-state index >= 15 is 0 Å². The second kappa shape index (κ2) is 8.86. The van der Waals surface area contributed by atoms with Crippen LogP contribution in [0.1, 0.15) is 49.5 Å². The predicted molar refractivity (Wildman–Crippen MR) is 102 cm³/mol. The maximum Gasteiger partial charge on any atom is 0.223 e. The van der Waals surface area contributed by atoms with Crippen molar-refractivity contribution in [3.63, 3.8) is 0 Å². The van der Waals surface area contributed by atoms with E-state index < -0.39 is 0 Å². The molecule has 2 unspecified atom stereocenters. The van der Waals surface area contributed by atoms with Gasteiger partial charge in [-0.05, 0) is 36.1 Å². The Morgan fingerprint density at radius 2 is 1.77 bits per heavy atom. The van der Waals surface area contributed by atoms with Crippen LogP contribution in [-0.2, 0) is 9.53 Å². The summed E-state index contributed by atoms with van der Waals surface area (Å²) in [6.07, 6.45) is 2.25. The molecule has 1 aliphatic heterocycles. The molecule has 0 aromatic heterocycles. The zero-order chi connectivity index (χ0) is 18.4. The Hall–Kier alpha value is -2.33. The van der Waals surface area contributed by atoms with Gasteiger partial charge in [0.25, 0.3) is 0 Å². The quantitative estimate of drug-likeness (QED) is 0.700. The van der Waals surface area contributed by atoms with Gasteiger partial charge < -0.3 is 14.4 Å². The third-order valence-electron chi connectivity index (χ3n) is 4.82. The van der Waals surface area contributed by atoms with Crippen molar-refractivity contribution in [1.29, 1.82) is 0 Å². The Labute approximate surface area is 155 Å². The number of methoxy groups -OCH3 is 1. The van der Waals surface area contributed by atoms with Crippen LogP contribution in [-0.4, -0.2) is 31.1 Å². The van der Waals surface area contributed by atoms with E-state index in [0.717, 1.165) is 36.3 Å². The number of likely N-dealkylation sites (tertiary alicyclic amines) is 1. The van der Waals surface area contributed by atoms with Gasteiger partial charge in [-0.1, -0.05) is 49.4 Å². The smallest absolute Gasteiger partial charge is 0.223 e. The Kier molecular flexibility index (Phi) is 6.29. The fourth-order valence-corrected chi connectivity index (χ4v) is 3.54. The van der Waals surface area contributed by atoms with Crippen molar-refractivity contribution >= 4 is 5.91 Å². The molecule has 1 saturated heterocycles. The maximum absolute atomic E-state index is 12.5. The number of carbonyl (C=O) groups is 1. The van der Waals surface area contributed by atoms with Gasteiger partial charge in [-0.2, -0.15) is 0 Å². The van der Waals surface area contributed by atoms with Gasteiger partial charge in [0.05, 0.1) is 13.2 Å². The molecule has 1 heterocycles. The van der Waals surface area contributed by atoms with Crippen LogP contribution in [0.4, 0.5) is 0 Å². The summed E-state index contributed by atoms with van der Waals surface area (Å²) in [5.74, 6) is 1.02. The van der Waals surface area contributed by atoms with Crippen LogP contribution in [0.2, 0.25) is 0 Å². The first kappa shape index (κ1) is 18.5. The number of amides is 1. The molecule has 1 amide bonds. The highest BCUT2D eigenvalue weighted by Crippen LogP contribution is 2.39. The van der Waals surface area contributed by atoms with Crippen molar-refractivity contribution in [2.45, 2.75) is 38.3 Å². The van der Waals surface area contributed by atoms with Gasteiger partial charge in [-0.15, -0.1) is 0 Å². The second-order valence-electron chi connectivity index (χ2n) is 6.61. The van der Waals surface area contributed by atoms with E-state index in [-0.39, 0.29) is 18.1 Å². The largest absolute Gasteiger partial charge is 0.497 e. The second-order valence-corrected chi connectivity index (χ2v) is 6.61. The van der Waals surface area contributed by atoms with Crippen LogP contribution >= 0.6 is 0 Å². The zero-order valence-electron chi connectivity index (χ0n) is 15.6. The summed E-state index contributed by atoms with van der Waals surface area (Å²) in [7, 11) is 1.66. The van der Waals surface area contributed by atoms with Crippen LogP contribution in [0.25, 0.3) is 0 Å². The number of benzene rings is 2. The maximum atomic E-state index is 12.5. The molecule has 2 atom stereocenters. The fourth-order valence-electron chi connectivity index (χ4n) is 3.54. The summed E-state index contributed by atoms with van der Waals surface area (Å²) in [6.45, 7) is 3.53. The molecule has 4 heteroatoms. The topological polar surface area (TPSA) is 38.8 Å². The lowest BCUT2D eigenvalue weighted by molar-refractivity contribution is -0.133. The van der Waals surface area contributed by atoms with Crippen molar-refractivity contribution in [3.05, 3.63) is 65.7 Å². The molecule has 2 aromatic carbocycles. The molecular formula is C22H27NO3. The zero-order valence-corrected chi connectivity index (χ0v) is 15.6. The molecule has 0 radical (unpaired) electrons. The summed E-state index contributed by atoms with van der Waals surface area (Å²) < 4.78 is 11.6. The Bertz CT molecular complexity index is 699. The molecule has 0 saturated carbocycles. The van der Waals surface area contributed by atoms with Crippen molar-refractivity contribution in [1.82, 2.24) is 4.90 Å². The number of hydrogen-bond donors (Lipinski definition) is 0. The normalized spacial score (nSPS) is 16.5. The van der Waals surface area contributed by atoms with Crippen molar-refractivity contribution in [3.8, 4) is 5.75 Å². The molecular weight excluding hydrogens is 326 g/mol. The van der Waals surface area contributed by atoms with Gasteiger partial charge in [-0.3, -0.25) is 4.79 Å². The number of hydrogen-bond acceptors (Lipinski definition) is 3. The van der Waals surface area contributed by atoms with Crippen molar-refractivity contribution in [2.24, 2.45) is 0 Å². The monoisotopic (exact) mass is 353 g/mol. The highest BCUT2D eigenvalue weighted by Gasteiger charge is 2.36. The number of ether oxygens (including phenoxy) is 2. The SMILES string of the molecule is CCCOC(c1ccc(OC)cc1)C(c1ccccc1)N1CCCC1=O. The first-order valence-corrected chi connectivity index (χ1v) is 9.34. The number of nitrogens with zero attached hydrogens (tertiary/aromatic N) is 1. The van der Waals surface area contributed by atoms with Gasteiger partial charge in [0, 0.05) is 19.6 Å². The first-order valence-electron chi connectivity index (χ1n) is 9.34. The molecule has 138 valence electrons. The number of carbonyl (C=O) groups excluding carboxylic acids is 1. The van der Waals surface area contributed by atoms with E-state index in [0.29, 0.717) is 13.0 Å². The molecule has 0 bridgehead atoms. The highest BCUT2D eigenvalue weighted by atomic mass is 16.5. The molecule has 4 nitrogen and oxygen atoms in total. The summed E-state index contributed by atoms with van der Waals surface area (Å²) in [4.78, 5) is 14.5. The summed E-state index contributed by atoms with van der Waals surface area (Å²) in [6, 6.07) is 18.1. The lowest BCUT2D eigenvalue weighted by Gasteiger charge is -2.35. The molecule has 2 aromatic rings. The van der Waals surface area contributed by atoms with E-state index in [1.807, 2.05) is 47.4 Å². The summed E-state index contributed by atoms with van der Waals surface area (Å²) in [5, 5.41) is 0. The average Bonchev–Trinajstić information content (AvgIpc) is 3.11. The van der Waals surface area contributed by atoms with Gasteiger partial charge in [-0.25, -0.2) is 0 Å². The molecule has 1 fully saturated rings. The van der Waals surface area contributed by atoms with Crippen LogP contribution < -0.4 is 4.74 Å². The standard InChI is InChI=1S/C22H27NO3/c1-3-16-26-22(18-11-13-19(25-2)14-12-18)21(17-8-5-4-6-9-17)23-15-7-10-20(23)24/h4-6,8-9,11-14,21-22H,3,7,10,15-16H2,1-2H3. The molecule has 0 aliphatic carbocycles. The van der Waals surface area contributed by atoms with Crippen LogP contribution in [0.5, 0.6) is 5.75 Å². The lowest BCUT2D eigenvalue weighted by atomic mass is 9.94. The average molecular weight is 353 g/mol. The van der Waals surface area contributed by atoms with Crippen molar-refractivity contribution < 1.29 is 14.3 Å². The van der Waals surface area contributed by atoms with Gasteiger partial charge >= 0.3 is 0 Å². The molecule has 3 rings (SSSR count). The van der Waals surface area contributed by atoms with Crippen molar-refractivity contribution in [2.75, 3.05) is 20.3 Å². The highest BCUT2D eigenvalue weighted by molar-refractivity contribution is 5.78. The predicted octanol–water partition coefficient (Wildman–Crippen LogP) is 4.53. The molecule has 26 heavy (non-hydrogen) atoms. The minimum Gasteiger partial charge on any atom is -0.497 e. The van der Waals surface area contributed by atoms with E-state index in [1.54, 1.807) is 7.11 Å². The van der Waals surface area contributed by atoms with E-state index in [4.69, 9.17) is 9.47 Å². The minimum absolute atomic E-state index is 0.119. The Balaban J connectivity index is 2.01. The van der Waals surface area contributed by atoms with Gasteiger partial charge in [0.1, 0.15) is 11.9 Å². The van der Waals surface area contributed by atoms with Crippen LogP contribution in [0.3, 0.4) is 0 Å². The number of rotatable bonds is 8. The van der Waals surface area contributed by atoms with Gasteiger partial charge in [0.2, 0.25) is 5.91 Å².